The van der Waals surface area contributed by atoms with Crippen molar-refractivity contribution in [2.45, 2.75) is 6.54 Å². The minimum atomic E-state index is -0.367. The first-order valence-electron chi connectivity index (χ1n) is 7.44. The summed E-state index contributed by atoms with van der Waals surface area (Å²) in [6.45, 7) is 0.550. The smallest absolute Gasteiger partial charge is 0.293 e. The molecule has 1 amide bonds. The number of halogens is 1. The number of nitrogen functional groups attached to an aromatic ring is 1. The van der Waals surface area contributed by atoms with Gasteiger partial charge in [0.15, 0.2) is 0 Å². The molecule has 0 saturated carbocycles. The Morgan fingerprint density at radius 1 is 1.12 bits per heavy atom. The van der Waals surface area contributed by atoms with Gasteiger partial charge in [0.1, 0.15) is 5.82 Å². The van der Waals surface area contributed by atoms with Gasteiger partial charge in [-0.25, -0.2) is 15.0 Å². The number of nitrogens with one attached hydrogen (secondary N) is 2. The van der Waals surface area contributed by atoms with Gasteiger partial charge in [-0.05, 0) is 45.8 Å². The fourth-order valence-electron chi connectivity index (χ4n) is 2.14. The van der Waals surface area contributed by atoms with E-state index in [0.29, 0.717) is 22.5 Å². The van der Waals surface area contributed by atoms with Crippen LogP contribution in [0.4, 0.5) is 17.2 Å². The molecule has 25 heavy (non-hydrogen) atoms. The van der Waals surface area contributed by atoms with Gasteiger partial charge in [0, 0.05) is 30.8 Å². The number of carbonyl (C=O) groups excluding carboxylic acids is 1. The largest absolute Gasteiger partial charge is 0.382 e. The molecule has 8 heteroatoms. The molecule has 3 aromatic rings. The van der Waals surface area contributed by atoms with Gasteiger partial charge >= 0.3 is 0 Å². The summed E-state index contributed by atoms with van der Waals surface area (Å²) in [6, 6.07) is 11.2. The molecule has 0 aliphatic rings. The SMILES string of the molecule is Nc1ncccc1NCc1cccc(NC(=O)c2ncc(Br)cn2)c1. The Balaban J connectivity index is 1.66. The maximum atomic E-state index is 12.2. The van der Waals surface area contributed by atoms with Gasteiger partial charge in [-0.3, -0.25) is 4.79 Å². The molecular formula is C17H15BrN6O. The van der Waals surface area contributed by atoms with Crippen molar-refractivity contribution in [3.05, 3.63) is 70.8 Å². The number of amides is 1. The number of anilines is 3. The van der Waals surface area contributed by atoms with Crippen molar-refractivity contribution in [1.82, 2.24) is 15.0 Å². The van der Waals surface area contributed by atoms with Gasteiger partial charge in [0.25, 0.3) is 5.91 Å². The number of benzene rings is 1. The second-order valence-corrected chi connectivity index (χ2v) is 6.08. The van der Waals surface area contributed by atoms with E-state index < -0.39 is 0 Å². The van der Waals surface area contributed by atoms with Crippen molar-refractivity contribution >= 4 is 39.0 Å². The van der Waals surface area contributed by atoms with Crippen LogP contribution >= 0.6 is 15.9 Å². The molecule has 2 heterocycles. The number of carbonyl (C=O) groups is 1. The van der Waals surface area contributed by atoms with Crippen LogP contribution in [0.15, 0.2) is 59.5 Å². The third kappa shape index (κ3) is 4.51. The van der Waals surface area contributed by atoms with E-state index in [1.54, 1.807) is 12.3 Å². The lowest BCUT2D eigenvalue weighted by Crippen LogP contribution is -2.15. The van der Waals surface area contributed by atoms with Crippen LogP contribution in [0.1, 0.15) is 16.2 Å². The Kier molecular flexibility index (Phi) is 5.20. The summed E-state index contributed by atoms with van der Waals surface area (Å²) >= 11 is 3.24. The maximum absolute atomic E-state index is 12.2. The van der Waals surface area contributed by atoms with Gasteiger partial charge in [-0.2, -0.15) is 0 Å². The van der Waals surface area contributed by atoms with Crippen molar-refractivity contribution in [3.63, 3.8) is 0 Å². The summed E-state index contributed by atoms with van der Waals surface area (Å²) in [4.78, 5) is 24.2. The number of hydrogen-bond donors (Lipinski definition) is 3. The first kappa shape index (κ1) is 16.8. The molecule has 0 aliphatic heterocycles. The van der Waals surface area contributed by atoms with Crippen LogP contribution < -0.4 is 16.4 Å². The highest BCUT2D eigenvalue weighted by atomic mass is 79.9. The molecule has 0 aliphatic carbocycles. The quantitative estimate of drug-likeness (QED) is 0.609. The molecule has 4 N–H and O–H groups in total. The molecule has 0 spiro atoms. The van der Waals surface area contributed by atoms with Crippen LogP contribution in [0.5, 0.6) is 0 Å². The lowest BCUT2D eigenvalue weighted by atomic mass is 10.2. The van der Waals surface area contributed by atoms with Gasteiger partial charge in [0.2, 0.25) is 5.82 Å². The highest BCUT2D eigenvalue weighted by molar-refractivity contribution is 9.10. The maximum Gasteiger partial charge on any atom is 0.293 e. The zero-order valence-electron chi connectivity index (χ0n) is 13.1. The molecule has 0 fully saturated rings. The third-order valence-corrected chi connectivity index (χ3v) is 3.74. The molecule has 7 nitrogen and oxygen atoms in total. The summed E-state index contributed by atoms with van der Waals surface area (Å²) in [6.07, 6.45) is 4.70. The lowest BCUT2D eigenvalue weighted by Gasteiger charge is -2.10. The number of aromatic nitrogens is 3. The lowest BCUT2D eigenvalue weighted by molar-refractivity contribution is 0.101. The van der Waals surface area contributed by atoms with Crippen LogP contribution in [-0.4, -0.2) is 20.9 Å². The molecule has 0 saturated heterocycles. The van der Waals surface area contributed by atoms with Crippen molar-refractivity contribution < 1.29 is 4.79 Å². The van der Waals surface area contributed by atoms with Crippen molar-refractivity contribution in [2.24, 2.45) is 0 Å². The predicted octanol–water partition coefficient (Wildman–Crippen LogP) is 3.08. The van der Waals surface area contributed by atoms with E-state index >= 15 is 0 Å². The van der Waals surface area contributed by atoms with E-state index in [1.807, 2.05) is 30.3 Å². The molecule has 1 aromatic carbocycles. The zero-order chi connectivity index (χ0) is 17.6. The van der Waals surface area contributed by atoms with E-state index in [4.69, 9.17) is 5.73 Å². The average Bonchev–Trinajstić information content (AvgIpc) is 2.62. The highest BCUT2D eigenvalue weighted by Gasteiger charge is 2.09. The molecular weight excluding hydrogens is 384 g/mol. The number of hydrogen-bond acceptors (Lipinski definition) is 6. The number of rotatable bonds is 5. The summed E-state index contributed by atoms with van der Waals surface area (Å²) in [5.74, 6) is 0.184. The Morgan fingerprint density at radius 2 is 1.92 bits per heavy atom. The second-order valence-electron chi connectivity index (χ2n) is 5.17. The minimum absolute atomic E-state index is 0.106. The topological polar surface area (TPSA) is 106 Å². The molecule has 126 valence electrons. The number of nitrogens with two attached hydrogens (primary N) is 1. The molecule has 3 rings (SSSR count). The van der Waals surface area contributed by atoms with E-state index in [9.17, 15) is 4.79 Å². The van der Waals surface area contributed by atoms with Gasteiger partial charge in [-0.1, -0.05) is 12.1 Å². The highest BCUT2D eigenvalue weighted by Crippen LogP contribution is 2.17. The average molecular weight is 399 g/mol. The van der Waals surface area contributed by atoms with Crippen molar-refractivity contribution in [3.8, 4) is 0 Å². The van der Waals surface area contributed by atoms with Gasteiger partial charge in [-0.15, -0.1) is 0 Å². The molecule has 0 atom stereocenters. The number of pyridine rings is 1. The first-order chi connectivity index (χ1) is 12.1. The van der Waals surface area contributed by atoms with Crippen LogP contribution in [0, 0.1) is 0 Å². The third-order valence-electron chi connectivity index (χ3n) is 3.33. The fraction of sp³-hybridized carbons (Fsp3) is 0.0588. The van der Waals surface area contributed by atoms with Crippen LogP contribution in [0.3, 0.4) is 0 Å². The Morgan fingerprint density at radius 3 is 2.68 bits per heavy atom. The Hall–Kier alpha value is -3.00. The van der Waals surface area contributed by atoms with Crippen molar-refractivity contribution in [2.75, 3.05) is 16.4 Å². The molecule has 0 radical (unpaired) electrons. The Labute approximate surface area is 152 Å². The molecule has 0 bridgehead atoms. The molecule has 2 aromatic heterocycles. The predicted molar refractivity (Wildman–Crippen MR) is 100 cm³/mol. The minimum Gasteiger partial charge on any atom is -0.382 e. The fourth-order valence-corrected chi connectivity index (χ4v) is 2.34. The molecule has 0 unspecified atom stereocenters. The van der Waals surface area contributed by atoms with Gasteiger partial charge < -0.3 is 16.4 Å². The normalized spacial score (nSPS) is 10.3. The van der Waals surface area contributed by atoms with Crippen LogP contribution in [-0.2, 0) is 6.54 Å². The summed E-state index contributed by atoms with van der Waals surface area (Å²) < 4.78 is 0.715. The Bertz CT molecular complexity index is 884. The summed E-state index contributed by atoms with van der Waals surface area (Å²) in [7, 11) is 0. The van der Waals surface area contributed by atoms with Crippen LogP contribution in [0.2, 0.25) is 0 Å². The monoisotopic (exact) mass is 398 g/mol. The standard InChI is InChI=1S/C17H15BrN6O/c18-12-9-22-16(23-10-12)17(25)24-13-4-1-3-11(7-13)8-21-14-5-2-6-20-15(14)19/h1-7,9-10,21H,8H2,(H2,19,20)(H,24,25). The van der Waals surface area contributed by atoms with E-state index in [0.717, 1.165) is 11.3 Å². The summed E-state index contributed by atoms with van der Waals surface area (Å²) in [5.41, 5.74) is 8.22. The van der Waals surface area contributed by atoms with Crippen molar-refractivity contribution in [1.29, 1.82) is 0 Å². The van der Waals surface area contributed by atoms with E-state index in [1.165, 1.54) is 12.4 Å². The van der Waals surface area contributed by atoms with Crippen LogP contribution in [0.25, 0.3) is 0 Å². The zero-order valence-corrected chi connectivity index (χ0v) is 14.7. The summed E-state index contributed by atoms with van der Waals surface area (Å²) in [5, 5.41) is 6.00. The second kappa shape index (κ2) is 7.71. The first-order valence-corrected chi connectivity index (χ1v) is 8.23. The van der Waals surface area contributed by atoms with E-state index in [-0.39, 0.29) is 11.7 Å². The van der Waals surface area contributed by atoms with E-state index in [2.05, 4.69) is 41.5 Å². The number of nitrogens with zero attached hydrogens (tertiary/aromatic N) is 3. The van der Waals surface area contributed by atoms with Gasteiger partial charge in [0.05, 0.1) is 10.2 Å².